The number of carbonyl (C=O) groups excluding carboxylic acids is 1. The second kappa shape index (κ2) is 7.61. The van der Waals surface area contributed by atoms with Crippen LogP contribution in [0.5, 0.6) is 0 Å². The number of nitrogens with zero attached hydrogens (tertiary/aromatic N) is 1. The fraction of sp³-hybridized carbons (Fsp3) is 0.611. The summed E-state index contributed by atoms with van der Waals surface area (Å²) in [6.07, 6.45) is 3.12. The van der Waals surface area contributed by atoms with Crippen LogP contribution in [-0.2, 0) is 19.9 Å². The summed E-state index contributed by atoms with van der Waals surface area (Å²) in [6.45, 7) is 4.95. The van der Waals surface area contributed by atoms with Crippen molar-refractivity contribution in [3.8, 4) is 0 Å². The zero-order chi connectivity index (χ0) is 17.2. The highest BCUT2D eigenvalue weighted by Gasteiger charge is 2.51. The van der Waals surface area contributed by atoms with Crippen LogP contribution in [0, 0.1) is 0 Å². The van der Waals surface area contributed by atoms with Gasteiger partial charge in [0.1, 0.15) is 5.60 Å². The normalized spacial score (nSPS) is 26.0. The predicted octanol–water partition coefficient (Wildman–Crippen LogP) is 4.03. The molecule has 6 heteroatoms. The van der Waals surface area contributed by atoms with Crippen LogP contribution in [-0.4, -0.2) is 43.2 Å². The van der Waals surface area contributed by atoms with Crippen molar-refractivity contribution < 1.29 is 14.3 Å². The van der Waals surface area contributed by atoms with Gasteiger partial charge in [0, 0.05) is 19.0 Å². The molecule has 2 aliphatic rings. The first-order chi connectivity index (χ1) is 11.5. The Balaban J connectivity index is 1.56. The third-order valence-corrected chi connectivity index (χ3v) is 5.57. The maximum absolute atomic E-state index is 11.6. The van der Waals surface area contributed by atoms with Crippen LogP contribution in [0.3, 0.4) is 0 Å². The minimum Gasteiger partial charge on any atom is -0.466 e. The van der Waals surface area contributed by atoms with Gasteiger partial charge in [-0.1, -0.05) is 36.2 Å². The van der Waals surface area contributed by atoms with Crippen molar-refractivity contribution in [1.82, 2.24) is 4.90 Å². The number of morpholine rings is 1. The molecule has 0 aromatic heterocycles. The van der Waals surface area contributed by atoms with Gasteiger partial charge in [-0.2, -0.15) is 0 Å². The molecule has 2 fully saturated rings. The van der Waals surface area contributed by atoms with Crippen LogP contribution in [0.25, 0.3) is 0 Å². The van der Waals surface area contributed by atoms with Gasteiger partial charge < -0.3 is 9.47 Å². The summed E-state index contributed by atoms with van der Waals surface area (Å²) >= 11 is 12.2. The van der Waals surface area contributed by atoms with Gasteiger partial charge in [-0.15, -0.1) is 0 Å². The molecule has 4 nitrogen and oxygen atoms in total. The lowest BCUT2D eigenvalue weighted by molar-refractivity contribution is -0.143. The molecular weight excluding hydrogens is 349 g/mol. The van der Waals surface area contributed by atoms with E-state index in [-0.39, 0.29) is 11.6 Å². The van der Waals surface area contributed by atoms with Gasteiger partial charge in [-0.05, 0) is 43.5 Å². The Hall–Kier alpha value is -0.810. The topological polar surface area (TPSA) is 38.8 Å². The minimum absolute atomic E-state index is 0.100. The third kappa shape index (κ3) is 3.72. The molecule has 3 rings (SSSR count). The van der Waals surface area contributed by atoms with Crippen LogP contribution in [0.15, 0.2) is 18.2 Å². The third-order valence-electron chi connectivity index (χ3n) is 4.83. The molecule has 1 aromatic rings. The summed E-state index contributed by atoms with van der Waals surface area (Å²) in [5.41, 5.74) is 0.797. The molecule has 0 amide bonds. The maximum Gasteiger partial charge on any atom is 0.305 e. The van der Waals surface area contributed by atoms with E-state index in [0.29, 0.717) is 29.1 Å². The average Bonchev–Trinajstić information content (AvgIpc) is 3.15. The van der Waals surface area contributed by atoms with Crippen molar-refractivity contribution in [3.05, 3.63) is 33.8 Å². The monoisotopic (exact) mass is 371 g/mol. The minimum atomic E-state index is -0.290. The lowest BCUT2D eigenvalue weighted by atomic mass is 9.93. The van der Waals surface area contributed by atoms with Crippen molar-refractivity contribution in [2.75, 3.05) is 26.3 Å². The fourth-order valence-corrected chi connectivity index (χ4v) is 3.90. The highest BCUT2D eigenvalue weighted by molar-refractivity contribution is 6.42. The number of esters is 1. The van der Waals surface area contributed by atoms with E-state index in [4.69, 9.17) is 32.7 Å². The quantitative estimate of drug-likeness (QED) is 0.678. The summed E-state index contributed by atoms with van der Waals surface area (Å²) in [5.74, 6) is -0.100. The lowest BCUT2D eigenvalue weighted by Gasteiger charge is -2.33. The summed E-state index contributed by atoms with van der Waals surface area (Å²) in [4.78, 5) is 14.0. The van der Waals surface area contributed by atoms with Gasteiger partial charge in [-0.3, -0.25) is 9.69 Å². The molecule has 0 N–H and O–H groups in total. The first-order valence-electron chi connectivity index (χ1n) is 8.53. The van der Waals surface area contributed by atoms with E-state index < -0.39 is 0 Å². The predicted molar refractivity (Wildman–Crippen MR) is 94.6 cm³/mol. The second-order valence-corrected chi connectivity index (χ2v) is 7.40. The number of fused-ring (bicyclic) bond motifs is 2. The zero-order valence-electron chi connectivity index (χ0n) is 13.9. The van der Waals surface area contributed by atoms with Crippen LogP contribution < -0.4 is 0 Å². The lowest BCUT2D eigenvalue weighted by Crippen LogP contribution is -2.41. The first kappa shape index (κ1) is 18.0. The van der Waals surface area contributed by atoms with Crippen molar-refractivity contribution in [1.29, 1.82) is 0 Å². The van der Waals surface area contributed by atoms with Gasteiger partial charge in [0.15, 0.2) is 0 Å². The van der Waals surface area contributed by atoms with Crippen molar-refractivity contribution >= 4 is 29.2 Å². The van der Waals surface area contributed by atoms with Crippen molar-refractivity contribution in [2.45, 2.75) is 44.2 Å². The highest BCUT2D eigenvalue weighted by Crippen LogP contribution is 2.46. The standard InChI is InChI=1S/C18H23Cl2NO3/c1-2-8-23-17(22)4-3-7-21-12-18(10-14(21)11-24-18)13-5-6-15(19)16(20)9-13/h5-6,9,14H,2-4,7-8,10-12H2,1H3. The largest absolute Gasteiger partial charge is 0.466 e. The molecular formula is C18H23Cl2NO3. The number of hydrogen-bond acceptors (Lipinski definition) is 4. The Bertz CT molecular complexity index is 610. The number of hydrogen-bond donors (Lipinski definition) is 0. The summed E-state index contributed by atoms with van der Waals surface area (Å²) in [6, 6.07) is 6.16. The molecule has 2 aliphatic heterocycles. The number of likely N-dealkylation sites (tertiary alicyclic amines) is 1. The summed E-state index contributed by atoms with van der Waals surface area (Å²) in [5, 5.41) is 1.12. The van der Waals surface area contributed by atoms with E-state index in [2.05, 4.69) is 4.90 Å². The molecule has 2 heterocycles. The molecule has 2 bridgehead atoms. The molecule has 2 saturated heterocycles. The Morgan fingerprint density at radius 1 is 1.42 bits per heavy atom. The number of benzene rings is 1. The van der Waals surface area contributed by atoms with Crippen molar-refractivity contribution in [3.63, 3.8) is 0 Å². The number of carbonyl (C=O) groups is 1. The highest BCUT2D eigenvalue weighted by atomic mass is 35.5. The first-order valence-corrected chi connectivity index (χ1v) is 9.29. The Kier molecular flexibility index (Phi) is 5.70. The second-order valence-electron chi connectivity index (χ2n) is 6.59. The maximum atomic E-state index is 11.6. The molecule has 0 saturated carbocycles. The van der Waals surface area contributed by atoms with Crippen LogP contribution in [0.2, 0.25) is 10.0 Å². The van der Waals surface area contributed by atoms with E-state index in [0.717, 1.165) is 44.5 Å². The zero-order valence-corrected chi connectivity index (χ0v) is 15.4. The molecule has 2 unspecified atom stereocenters. The van der Waals surface area contributed by atoms with E-state index in [1.165, 1.54) is 0 Å². The Labute approximate surface area is 153 Å². The van der Waals surface area contributed by atoms with Gasteiger partial charge in [-0.25, -0.2) is 0 Å². The molecule has 24 heavy (non-hydrogen) atoms. The summed E-state index contributed by atoms with van der Waals surface area (Å²) < 4.78 is 11.2. The van der Waals surface area contributed by atoms with E-state index in [1.54, 1.807) is 0 Å². The molecule has 0 aliphatic carbocycles. The van der Waals surface area contributed by atoms with E-state index >= 15 is 0 Å². The molecule has 132 valence electrons. The van der Waals surface area contributed by atoms with E-state index in [9.17, 15) is 4.79 Å². The molecule has 0 radical (unpaired) electrons. The average molecular weight is 372 g/mol. The number of rotatable bonds is 7. The van der Waals surface area contributed by atoms with Gasteiger partial charge in [0.05, 0.1) is 23.3 Å². The van der Waals surface area contributed by atoms with E-state index in [1.807, 2.05) is 25.1 Å². The summed E-state index contributed by atoms with van der Waals surface area (Å²) in [7, 11) is 0. The molecule has 2 atom stereocenters. The SMILES string of the molecule is CCCOC(=O)CCCN1CC2(c3ccc(Cl)c(Cl)c3)CC1CO2. The van der Waals surface area contributed by atoms with Crippen LogP contribution in [0.1, 0.15) is 38.2 Å². The Morgan fingerprint density at radius 3 is 3.00 bits per heavy atom. The van der Waals surface area contributed by atoms with Gasteiger partial charge in [0.2, 0.25) is 0 Å². The fourth-order valence-electron chi connectivity index (χ4n) is 3.60. The van der Waals surface area contributed by atoms with Crippen molar-refractivity contribution in [2.24, 2.45) is 0 Å². The molecule has 0 spiro atoms. The van der Waals surface area contributed by atoms with Crippen LogP contribution in [0.4, 0.5) is 0 Å². The van der Waals surface area contributed by atoms with Gasteiger partial charge >= 0.3 is 5.97 Å². The van der Waals surface area contributed by atoms with Crippen LogP contribution >= 0.6 is 23.2 Å². The molecule has 1 aromatic carbocycles. The number of ether oxygens (including phenoxy) is 2. The Morgan fingerprint density at radius 2 is 2.25 bits per heavy atom. The smallest absolute Gasteiger partial charge is 0.305 e. The van der Waals surface area contributed by atoms with Gasteiger partial charge in [0.25, 0.3) is 0 Å². The number of halogens is 2.